The van der Waals surface area contributed by atoms with Gasteiger partial charge in [0.05, 0.1) is 0 Å². The Morgan fingerprint density at radius 2 is 0.964 bits per heavy atom. The second kappa shape index (κ2) is 8.52. The van der Waals surface area contributed by atoms with Crippen molar-refractivity contribution >= 4 is 21.5 Å². The van der Waals surface area contributed by atoms with Crippen molar-refractivity contribution in [2.75, 3.05) is 0 Å². The minimum Gasteiger partial charge on any atom is -0.260 e. The van der Waals surface area contributed by atoms with Gasteiger partial charge in [-0.1, -0.05) is 75.2 Å². The SMILES string of the molecule is CCCCc1ncc(-c2cnc(CCCC)c3ccccc23)c2ccccc12. The number of hydrogen-bond acceptors (Lipinski definition) is 2. The number of rotatable bonds is 7. The molecule has 2 nitrogen and oxygen atoms in total. The van der Waals surface area contributed by atoms with E-state index in [1.807, 2.05) is 0 Å². The lowest BCUT2D eigenvalue weighted by Gasteiger charge is -2.14. The lowest BCUT2D eigenvalue weighted by Crippen LogP contribution is -1.97. The van der Waals surface area contributed by atoms with Crippen LogP contribution in [-0.4, -0.2) is 9.97 Å². The van der Waals surface area contributed by atoms with Gasteiger partial charge in [0, 0.05) is 45.7 Å². The van der Waals surface area contributed by atoms with Gasteiger partial charge in [-0.25, -0.2) is 0 Å². The molecule has 4 aromatic rings. The summed E-state index contributed by atoms with van der Waals surface area (Å²) in [6.45, 7) is 4.46. The summed E-state index contributed by atoms with van der Waals surface area (Å²) in [5.41, 5.74) is 4.78. The number of benzene rings is 2. The summed E-state index contributed by atoms with van der Waals surface area (Å²) >= 11 is 0. The molecular weight excluding hydrogens is 340 g/mol. The molecule has 2 aromatic heterocycles. The van der Waals surface area contributed by atoms with E-state index in [1.165, 1.54) is 69.7 Å². The molecule has 0 bridgehead atoms. The minimum absolute atomic E-state index is 1.03. The van der Waals surface area contributed by atoms with Crippen molar-refractivity contribution in [2.45, 2.75) is 52.4 Å². The molecular formula is C26H28N2. The van der Waals surface area contributed by atoms with Crippen LogP contribution in [0.3, 0.4) is 0 Å². The highest BCUT2D eigenvalue weighted by atomic mass is 14.7. The Hall–Kier alpha value is -2.74. The molecule has 2 aromatic carbocycles. The first-order valence-corrected chi connectivity index (χ1v) is 10.6. The fourth-order valence-electron chi connectivity index (χ4n) is 4.02. The Morgan fingerprint density at radius 1 is 0.571 bits per heavy atom. The predicted octanol–water partition coefficient (Wildman–Crippen LogP) is 7.14. The Morgan fingerprint density at radius 3 is 1.36 bits per heavy atom. The van der Waals surface area contributed by atoms with Crippen LogP contribution in [0.4, 0.5) is 0 Å². The summed E-state index contributed by atoms with van der Waals surface area (Å²) in [5, 5.41) is 5.09. The van der Waals surface area contributed by atoms with Crippen LogP contribution in [0.2, 0.25) is 0 Å². The largest absolute Gasteiger partial charge is 0.260 e. The summed E-state index contributed by atoms with van der Waals surface area (Å²) in [4.78, 5) is 9.74. The van der Waals surface area contributed by atoms with Crippen molar-refractivity contribution in [1.82, 2.24) is 9.97 Å². The van der Waals surface area contributed by atoms with Gasteiger partial charge in [-0.05, 0) is 36.5 Å². The Kier molecular flexibility index (Phi) is 5.66. The summed E-state index contributed by atoms with van der Waals surface area (Å²) in [5.74, 6) is 0. The first kappa shape index (κ1) is 18.6. The number of nitrogens with zero attached hydrogens (tertiary/aromatic N) is 2. The van der Waals surface area contributed by atoms with E-state index in [1.54, 1.807) is 0 Å². The maximum Gasteiger partial charge on any atom is 0.0482 e. The highest BCUT2D eigenvalue weighted by Gasteiger charge is 2.13. The van der Waals surface area contributed by atoms with Crippen molar-refractivity contribution in [3.63, 3.8) is 0 Å². The molecule has 142 valence electrons. The number of aromatic nitrogens is 2. The Labute approximate surface area is 167 Å². The molecule has 0 amide bonds. The van der Waals surface area contributed by atoms with Gasteiger partial charge in [-0.2, -0.15) is 0 Å². The maximum atomic E-state index is 4.87. The van der Waals surface area contributed by atoms with E-state index >= 15 is 0 Å². The topological polar surface area (TPSA) is 25.8 Å². The van der Waals surface area contributed by atoms with Crippen LogP contribution in [0, 0.1) is 0 Å². The standard InChI is InChI=1S/C26H28N2/c1-3-5-15-25-21-13-9-7-11-19(21)23(17-27-25)24-18-28-26(16-6-4-2)22-14-10-8-12-20(22)24/h7-14,17-18H,3-6,15-16H2,1-2H3. The fraction of sp³-hybridized carbons (Fsp3) is 0.308. The third kappa shape index (κ3) is 3.52. The summed E-state index contributed by atoms with van der Waals surface area (Å²) < 4.78 is 0. The van der Waals surface area contributed by atoms with E-state index in [9.17, 15) is 0 Å². The van der Waals surface area contributed by atoms with Crippen LogP contribution in [0.1, 0.15) is 50.9 Å². The zero-order valence-corrected chi connectivity index (χ0v) is 16.9. The lowest BCUT2D eigenvalue weighted by atomic mass is 9.94. The Balaban J connectivity index is 1.90. The smallest absolute Gasteiger partial charge is 0.0482 e. The highest BCUT2D eigenvalue weighted by molar-refractivity contribution is 6.05. The molecule has 28 heavy (non-hydrogen) atoms. The summed E-state index contributed by atoms with van der Waals surface area (Å²) in [6.07, 6.45) is 10.9. The summed E-state index contributed by atoms with van der Waals surface area (Å²) in [7, 11) is 0. The molecule has 0 aliphatic carbocycles. The van der Waals surface area contributed by atoms with Gasteiger partial charge in [0.1, 0.15) is 0 Å². The first-order valence-electron chi connectivity index (χ1n) is 10.6. The van der Waals surface area contributed by atoms with Crippen molar-refractivity contribution < 1.29 is 0 Å². The Bertz CT molecular complexity index is 1010. The molecule has 0 saturated carbocycles. The van der Waals surface area contributed by atoms with Crippen molar-refractivity contribution in [3.05, 3.63) is 72.3 Å². The maximum absolute atomic E-state index is 4.87. The van der Waals surface area contributed by atoms with Crippen LogP contribution < -0.4 is 0 Å². The minimum atomic E-state index is 1.03. The van der Waals surface area contributed by atoms with Crippen LogP contribution in [0.15, 0.2) is 60.9 Å². The average Bonchev–Trinajstić information content (AvgIpc) is 2.76. The van der Waals surface area contributed by atoms with E-state index in [2.05, 4.69) is 74.8 Å². The van der Waals surface area contributed by atoms with Gasteiger partial charge in [0.25, 0.3) is 0 Å². The molecule has 0 aliphatic heterocycles. The fourth-order valence-corrected chi connectivity index (χ4v) is 4.02. The molecule has 0 unspecified atom stereocenters. The number of aryl methyl sites for hydroxylation is 2. The van der Waals surface area contributed by atoms with Crippen LogP contribution in [-0.2, 0) is 12.8 Å². The van der Waals surface area contributed by atoms with Crippen molar-refractivity contribution in [1.29, 1.82) is 0 Å². The third-order valence-corrected chi connectivity index (χ3v) is 5.58. The molecule has 0 atom stereocenters. The van der Waals surface area contributed by atoms with E-state index in [0.717, 1.165) is 12.8 Å². The van der Waals surface area contributed by atoms with E-state index in [4.69, 9.17) is 9.97 Å². The molecule has 2 heteroatoms. The molecule has 0 radical (unpaired) electrons. The van der Waals surface area contributed by atoms with E-state index in [-0.39, 0.29) is 0 Å². The third-order valence-electron chi connectivity index (χ3n) is 5.58. The van der Waals surface area contributed by atoms with Gasteiger partial charge >= 0.3 is 0 Å². The number of fused-ring (bicyclic) bond motifs is 2. The average molecular weight is 369 g/mol. The number of hydrogen-bond donors (Lipinski definition) is 0. The van der Waals surface area contributed by atoms with Gasteiger partial charge in [-0.15, -0.1) is 0 Å². The van der Waals surface area contributed by atoms with E-state index < -0.39 is 0 Å². The summed E-state index contributed by atoms with van der Waals surface area (Å²) in [6, 6.07) is 17.4. The molecule has 4 rings (SSSR count). The predicted molar refractivity (Wildman–Crippen MR) is 120 cm³/mol. The van der Waals surface area contributed by atoms with Gasteiger partial charge in [0.2, 0.25) is 0 Å². The molecule has 0 aliphatic rings. The second-order valence-electron chi connectivity index (χ2n) is 7.54. The molecule has 0 N–H and O–H groups in total. The zero-order valence-electron chi connectivity index (χ0n) is 16.9. The zero-order chi connectivity index (χ0) is 19.3. The molecule has 0 fully saturated rings. The lowest BCUT2D eigenvalue weighted by molar-refractivity contribution is 0.781. The van der Waals surface area contributed by atoms with Crippen LogP contribution >= 0.6 is 0 Å². The normalized spacial score (nSPS) is 11.4. The van der Waals surface area contributed by atoms with Gasteiger partial charge in [0.15, 0.2) is 0 Å². The van der Waals surface area contributed by atoms with E-state index in [0.29, 0.717) is 0 Å². The molecule has 2 heterocycles. The van der Waals surface area contributed by atoms with Gasteiger partial charge in [-0.3, -0.25) is 9.97 Å². The molecule has 0 spiro atoms. The van der Waals surface area contributed by atoms with Crippen molar-refractivity contribution in [2.24, 2.45) is 0 Å². The number of pyridine rings is 2. The second-order valence-corrected chi connectivity index (χ2v) is 7.54. The highest BCUT2D eigenvalue weighted by Crippen LogP contribution is 2.35. The monoisotopic (exact) mass is 368 g/mol. The van der Waals surface area contributed by atoms with Gasteiger partial charge < -0.3 is 0 Å². The van der Waals surface area contributed by atoms with Crippen LogP contribution in [0.5, 0.6) is 0 Å². The van der Waals surface area contributed by atoms with Crippen LogP contribution in [0.25, 0.3) is 32.7 Å². The van der Waals surface area contributed by atoms with Crippen molar-refractivity contribution in [3.8, 4) is 11.1 Å². The number of unbranched alkanes of at least 4 members (excludes halogenated alkanes) is 2. The first-order chi connectivity index (χ1) is 13.8. The molecule has 0 saturated heterocycles. The quantitative estimate of drug-likeness (QED) is 0.346.